The lowest BCUT2D eigenvalue weighted by Gasteiger charge is -2.20. The Balaban J connectivity index is 3.04. The molecule has 0 saturated carbocycles. The van der Waals surface area contributed by atoms with Crippen molar-refractivity contribution in [2.45, 2.75) is 32.2 Å². The number of aliphatic hydroxyl groups is 2. The lowest BCUT2D eigenvalue weighted by Crippen LogP contribution is -2.29. The fourth-order valence-corrected chi connectivity index (χ4v) is 1.29. The van der Waals surface area contributed by atoms with E-state index in [9.17, 15) is 0 Å². The van der Waals surface area contributed by atoms with Crippen LogP contribution in [0.3, 0.4) is 0 Å². The molecule has 6 N–H and O–H groups in total. The van der Waals surface area contributed by atoms with E-state index in [1.807, 2.05) is 20.8 Å². The number of nitrogens with two attached hydrogens (primary N) is 1. The van der Waals surface area contributed by atoms with Gasteiger partial charge in [0.25, 0.3) is 0 Å². The minimum atomic E-state index is -0.460. The molecule has 0 aliphatic carbocycles. The summed E-state index contributed by atoms with van der Waals surface area (Å²) in [5, 5.41) is 21.0. The van der Waals surface area contributed by atoms with Gasteiger partial charge in [-0.2, -0.15) is 0 Å². The van der Waals surface area contributed by atoms with Crippen molar-refractivity contribution in [1.29, 1.82) is 0 Å². The molecule has 1 aromatic heterocycles. The number of anilines is 2. The highest BCUT2D eigenvalue weighted by atomic mass is 16.3. The molecule has 0 amide bonds. The van der Waals surface area contributed by atoms with E-state index in [1.165, 1.54) is 0 Å². The standard InChI is InChI=1S/C11H21N5O2/c1-11(2,3)10-14-8(4-9(15-10)16-12)13-7(5-17)6-18/h4,7,17-18H,5-6,12H2,1-3H3,(H2,13,14,15,16). The number of aliphatic hydroxyl groups excluding tert-OH is 2. The second kappa shape index (κ2) is 5.94. The van der Waals surface area contributed by atoms with Crippen LogP contribution in [0.4, 0.5) is 11.6 Å². The van der Waals surface area contributed by atoms with Crippen molar-refractivity contribution >= 4 is 11.6 Å². The molecular weight excluding hydrogens is 234 g/mol. The van der Waals surface area contributed by atoms with Gasteiger partial charge in [0, 0.05) is 11.5 Å². The van der Waals surface area contributed by atoms with E-state index in [0.29, 0.717) is 17.5 Å². The van der Waals surface area contributed by atoms with E-state index in [4.69, 9.17) is 16.1 Å². The van der Waals surface area contributed by atoms with Gasteiger partial charge in [0.1, 0.15) is 17.5 Å². The van der Waals surface area contributed by atoms with Crippen LogP contribution in [-0.4, -0.2) is 39.4 Å². The van der Waals surface area contributed by atoms with Crippen LogP contribution in [0, 0.1) is 0 Å². The highest BCUT2D eigenvalue weighted by molar-refractivity contribution is 5.48. The van der Waals surface area contributed by atoms with Gasteiger partial charge in [0.2, 0.25) is 0 Å². The summed E-state index contributed by atoms with van der Waals surface area (Å²) < 4.78 is 0. The number of nitrogens with zero attached hydrogens (tertiary/aromatic N) is 2. The zero-order valence-corrected chi connectivity index (χ0v) is 10.9. The second-order valence-electron chi connectivity index (χ2n) is 5.06. The Hall–Kier alpha value is -1.44. The largest absolute Gasteiger partial charge is 0.394 e. The fourth-order valence-electron chi connectivity index (χ4n) is 1.29. The fraction of sp³-hybridized carbons (Fsp3) is 0.636. The van der Waals surface area contributed by atoms with Crippen LogP contribution in [0.5, 0.6) is 0 Å². The topological polar surface area (TPSA) is 116 Å². The van der Waals surface area contributed by atoms with Gasteiger partial charge in [0.05, 0.1) is 19.3 Å². The summed E-state index contributed by atoms with van der Waals surface area (Å²) in [6.45, 7) is 5.60. The number of hydrogen-bond acceptors (Lipinski definition) is 7. The molecular formula is C11H21N5O2. The zero-order chi connectivity index (χ0) is 13.8. The summed E-state index contributed by atoms with van der Waals surface area (Å²) in [4.78, 5) is 8.62. The van der Waals surface area contributed by atoms with Crippen LogP contribution in [0.25, 0.3) is 0 Å². The van der Waals surface area contributed by atoms with Crippen LogP contribution in [-0.2, 0) is 5.41 Å². The summed E-state index contributed by atoms with van der Waals surface area (Å²) in [6, 6.07) is 1.16. The quantitative estimate of drug-likeness (QED) is 0.366. The minimum Gasteiger partial charge on any atom is -0.394 e. The molecule has 18 heavy (non-hydrogen) atoms. The number of rotatable bonds is 5. The number of hydrazine groups is 1. The highest BCUT2D eigenvalue weighted by Gasteiger charge is 2.19. The third-order valence-corrected chi connectivity index (χ3v) is 2.34. The molecule has 0 radical (unpaired) electrons. The molecule has 102 valence electrons. The monoisotopic (exact) mass is 255 g/mol. The first-order valence-electron chi connectivity index (χ1n) is 5.75. The molecule has 1 aromatic rings. The van der Waals surface area contributed by atoms with Crippen molar-refractivity contribution < 1.29 is 10.2 Å². The minimum absolute atomic E-state index is 0.184. The molecule has 0 aliphatic rings. The number of aromatic nitrogens is 2. The Morgan fingerprint density at radius 1 is 1.22 bits per heavy atom. The third-order valence-electron chi connectivity index (χ3n) is 2.34. The van der Waals surface area contributed by atoms with Gasteiger partial charge in [-0.25, -0.2) is 15.8 Å². The highest BCUT2D eigenvalue weighted by Crippen LogP contribution is 2.22. The summed E-state index contributed by atoms with van der Waals surface area (Å²) in [5.41, 5.74) is 2.25. The first kappa shape index (κ1) is 14.6. The molecule has 0 unspecified atom stereocenters. The van der Waals surface area contributed by atoms with Crippen molar-refractivity contribution in [3.8, 4) is 0 Å². The maximum absolute atomic E-state index is 9.04. The summed E-state index contributed by atoms with van der Waals surface area (Å²) in [6.07, 6.45) is 0. The Morgan fingerprint density at radius 3 is 2.22 bits per heavy atom. The Labute approximate surface area is 106 Å². The Bertz CT molecular complexity index is 388. The molecule has 7 nitrogen and oxygen atoms in total. The number of nitrogens with one attached hydrogen (secondary N) is 2. The first-order valence-corrected chi connectivity index (χ1v) is 5.75. The van der Waals surface area contributed by atoms with Crippen molar-refractivity contribution in [1.82, 2.24) is 9.97 Å². The van der Waals surface area contributed by atoms with E-state index in [1.54, 1.807) is 6.07 Å². The maximum Gasteiger partial charge on any atom is 0.145 e. The Morgan fingerprint density at radius 2 is 1.78 bits per heavy atom. The van der Waals surface area contributed by atoms with E-state index in [0.717, 1.165) is 0 Å². The predicted octanol–water partition coefficient (Wildman–Crippen LogP) is -0.175. The van der Waals surface area contributed by atoms with Gasteiger partial charge in [-0.1, -0.05) is 20.8 Å². The molecule has 7 heteroatoms. The lowest BCUT2D eigenvalue weighted by molar-refractivity contribution is 0.203. The summed E-state index contributed by atoms with van der Waals surface area (Å²) >= 11 is 0. The molecule has 0 bridgehead atoms. The van der Waals surface area contributed by atoms with Crippen LogP contribution < -0.4 is 16.6 Å². The lowest BCUT2D eigenvalue weighted by atomic mass is 9.96. The van der Waals surface area contributed by atoms with Crippen molar-refractivity contribution in [3.63, 3.8) is 0 Å². The molecule has 0 aliphatic heterocycles. The molecule has 0 fully saturated rings. The second-order valence-corrected chi connectivity index (χ2v) is 5.06. The number of hydrogen-bond donors (Lipinski definition) is 5. The molecule has 0 atom stereocenters. The van der Waals surface area contributed by atoms with E-state index in [-0.39, 0.29) is 18.6 Å². The first-order chi connectivity index (χ1) is 8.40. The molecule has 0 spiro atoms. The van der Waals surface area contributed by atoms with Gasteiger partial charge >= 0.3 is 0 Å². The van der Waals surface area contributed by atoms with Crippen LogP contribution in [0.15, 0.2) is 6.07 Å². The zero-order valence-electron chi connectivity index (χ0n) is 10.9. The van der Waals surface area contributed by atoms with Crippen LogP contribution in [0.1, 0.15) is 26.6 Å². The molecule has 1 rings (SSSR count). The van der Waals surface area contributed by atoms with Crippen LogP contribution in [0.2, 0.25) is 0 Å². The van der Waals surface area contributed by atoms with Gasteiger partial charge in [-0.3, -0.25) is 0 Å². The average molecular weight is 255 g/mol. The summed E-state index contributed by atoms with van der Waals surface area (Å²) in [7, 11) is 0. The molecule has 0 saturated heterocycles. The van der Waals surface area contributed by atoms with E-state index in [2.05, 4.69) is 20.7 Å². The Kier molecular flexibility index (Phi) is 4.83. The van der Waals surface area contributed by atoms with Crippen molar-refractivity contribution in [2.24, 2.45) is 5.84 Å². The molecule has 0 aromatic carbocycles. The summed E-state index contributed by atoms with van der Waals surface area (Å²) in [5.74, 6) is 6.97. The normalized spacial score (nSPS) is 11.7. The van der Waals surface area contributed by atoms with Crippen LogP contribution >= 0.6 is 0 Å². The smallest absolute Gasteiger partial charge is 0.145 e. The third kappa shape index (κ3) is 3.80. The van der Waals surface area contributed by atoms with Gasteiger partial charge in [0.15, 0.2) is 0 Å². The number of nitrogen functional groups attached to an aromatic ring is 1. The predicted molar refractivity (Wildman–Crippen MR) is 70.1 cm³/mol. The maximum atomic E-state index is 9.04. The van der Waals surface area contributed by atoms with Gasteiger partial charge in [-0.15, -0.1) is 0 Å². The average Bonchev–Trinajstić information content (AvgIpc) is 2.34. The van der Waals surface area contributed by atoms with E-state index < -0.39 is 6.04 Å². The van der Waals surface area contributed by atoms with E-state index >= 15 is 0 Å². The van der Waals surface area contributed by atoms with Gasteiger partial charge < -0.3 is 21.0 Å². The SMILES string of the molecule is CC(C)(C)c1nc(NN)cc(NC(CO)CO)n1. The van der Waals surface area contributed by atoms with Crippen molar-refractivity contribution in [3.05, 3.63) is 11.9 Å². The van der Waals surface area contributed by atoms with Gasteiger partial charge in [-0.05, 0) is 0 Å². The molecule has 1 heterocycles. The van der Waals surface area contributed by atoms with Crippen molar-refractivity contribution in [2.75, 3.05) is 24.0 Å².